The Labute approximate surface area is 172 Å². The lowest BCUT2D eigenvalue weighted by Gasteiger charge is -2.17. The van der Waals surface area contributed by atoms with Crippen molar-refractivity contribution in [3.05, 3.63) is 42.1 Å². The maximum absolute atomic E-state index is 13.3. The second kappa shape index (κ2) is 8.89. The highest BCUT2D eigenvalue weighted by atomic mass is 35.7. The fourth-order valence-corrected chi connectivity index (χ4v) is 3.36. The van der Waals surface area contributed by atoms with E-state index in [0.29, 0.717) is 11.6 Å². The van der Waals surface area contributed by atoms with Gasteiger partial charge in [-0.1, -0.05) is 32.0 Å². The summed E-state index contributed by atoms with van der Waals surface area (Å²) in [4.78, 5) is 8.06. The molecule has 2 aromatic heterocycles. The van der Waals surface area contributed by atoms with E-state index in [1.807, 2.05) is 38.1 Å². The molecule has 1 aromatic carbocycles. The Morgan fingerprint density at radius 2 is 2.11 bits per heavy atom. The summed E-state index contributed by atoms with van der Waals surface area (Å²) in [7, 11) is 5.05. The number of ether oxygens (including phenoxy) is 2. The molecule has 0 radical (unpaired) electrons. The van der Waals surface area contributed by atoms with Crippen molar-refractivity contribution in [3.8, 4) is 28.8 Å². The molecule has 0 amide bonds. The van der Waals surface area contributed by atoms with E-state index in [1.165, 1.54) is 7.11 Å². The molecule has 28 heavy (non-hydrogen) atoms. The minimum absolute atomic E-state index is 0.106. The van der Waals surface area contributed by atoms with Crippen molar-refractivity contribution in [2.45, 2.75) is 24.9 Å². The highest BCUT2D eigenvalue weighted by Gasteiger charge is 2.21. The smallest absolute Gasteiger partial charge is 0.334 e. The van der Waals surface area contributed by atoms with Crippen molar-refractivity contribution >= 4 is 33.0 Å². The molecule has 0 N–H and O–H groups in total. The Morgan fingerprint density at radius 3 is 2.75 bits per heavy atom. The summed E-state index contributed by atoms with van der Waals surface area (Å²) in [6.45, 7) is 4.01. The van der Waals surface area contributed by atoms with E-state index in [4.69, 9.17) is 20.2 Å². The molecule has 0 saturated carbocycles. The lowest BCUT2D eigenvalue weighted by atomic mass is 9.96. The van der Waals surface area contributed by atoms with Gasteiger partial charge in [0.05, 0.1) is 7.11 Å². The van der Waals surface area contributed by atoms with Crippen LogP contribution in [0.15, 0.2) is 41.7 Å². The Bertz CT molecular complexity index is 1020. The molecule has 0 spiro atoms. The van der Waals surface area contributed by atoms with Gasteiger partial charge in [0, 0.05) is 17.8 Å². The normalized spacial score (nSPS) is 12.2. The molecule has 0 aliphatic carbocycles. The number of rotatable bonds is 7. The first kappa shape index (κ1) is 20.6. The van der Waals surface area contributed by atoms with Crippen LogP contribution in [0.25, 0.3) is 11.1 Å². The zero-order valence-electron chi connectivity index (χ0n) is 15.1. The summed E-state index contributed by atoms with van der Waals surface area (Å²) in [6, 6.07) is 9.07. The molecule has 2 heterocycles. The summed E-state index contributed by atoms with van der Waals surface area (Å²) in [5, 5.41) is 3.50. The third-order valence-corrected chi connectivity index (χ3v) is 5.10. The molecule has 3 rings (SSSR count). The van der Waals surface area contributed by atoms with Gasteiger partial charge < -0.3 is 9.47 Å². The third kappa shape index (κ3) is 4.29. The number of pyridine rings is 1. The van der Waals surface area contributed by atoms with Crippen LogP contribution in [0.2, 0.25) is 0 Å². The molecule has 148 valence electrons. The second-order valence-corrected chi connectivity index (χ2v) is 8.05. The van der Waals surface area contributed by atoms with Crippen molar-refractivity contribution in [2.75, 3.05) is 7.11 Å². The lowest BCUT2D eigenvalue weighted by molar-refractivity contribution is 0.398. The fraction of sp³-hybridized carbons (Fsp3) is 0.235. The van der Waals surface area contributed by atoms with E-state index in [-0.39, 0.29) is 29.4 Å². The molecule has 1 unspecified atom stereocenters. The Kier molecular flexibility index (Phi) is 6.53. The van der Waals surface area contributed by atoms with Crippen molar-refractivity contribution < 1.29 is 17.6 Å². The predicted molar refractivity (Wildman–Crippen MR) is 107 cm³/mol. The number of halogens is 2. The average Bonchev–Trinajstić information content (AvgIpc) is 3.11. The quantitative estimate of drug-likeness (QED) is 0.481. The zero-order valence-corrected chi connectivity index (χ0v) is 17.5. The minimum Gasteiger partial charge on any atom is -0.481 e. The zero-order chi connectivity index (χ0) is 20.3. The van der Waals surface area contributed by atoms with E-state index >= 15 is 0 Å². The monoisotopic (exact) mass is 442 g/mol. The molecular formula is C17H16ClFN4O3S2. The van der Waals surface area contributed by atoms with Gasteiger partial charge in [-0.15, -0.1) is 13.1 Å². The van der Waals surface area contributed by atoms with Crippen molar-refractivity contribution in [3.63, 3.8) is 0 Å². The average molecular weight is 443 g/mol. The number of hydrogen-bond acceptors (Lipinski definition) is 7. The maximum Gasteiger partial charge on any atom is 0.334 e. The van der Waals surface area contributed by atoms with E-state index in [2.05, 4.69) is 15.1 Å². The van der Waals surface area contributed by atoms with Crippen LogP contribution in [0, 0.1) is 0 Å². The molecule has 3 aromatic rings. The molecule has 0 bridgehead atoms. The SMILES string of the molecule is COc1cc(-c2cccc(C(C)C)c2Oc2nc(S(=O)Cl)nn2SF)ccn1. The summed E-state index contributed by atoms with van der Waals surface area (Å²) in [5.41, 5.74) is 2.41. The van der Waals surface area contributed by atoms with Crippen LogP contribution >= 0.6 is 23.0 Å². The van der Waals surface area contributed by atoms with Gasteiger partial charge in [0.25, 0.3) is 5.16 Å². The molecule has 7 nitrogen and oxygen atoms in total. The van der Waals surface area contributed by atoms with Crippen LogP contribution < -0.4 is 9.47 Å². The van der Waals surface area contributed by atoms with Gasteiger partial charge in [0.15, 0.2) is 22.3 Å². The number of aromatic nitrogens is 4. The molecule has 0 aliphatic rings. The van der Waals surface area contributed by atoms with Crippen molar-refractivity contribution in [1.29, 1.82) is 0 Å². The third-order valence-electron chi connectivity index (χ3n) is 3.86. The highest BCUT2D eigenvalue weighted by molar-refractivity contribution is 8.08. The Hall–Kier alpha value is -2.17. The van der Waals surface area contributed by atoms with Crippen molar-refractivity contribution in [1.82, 2.24) is 19.2 Å². The van der Waals surface area contributed by atoms with Gasteiger partial charge in [-0.3, -0.25) is 0 Å². The van der Waals surface area contributed by atoms with Gasteiger partial charge in [-0.25, -0.2) is 9.19 Å². The highest BCUT2D eigenvalue weighted by Crippen LogP contribution is 2.40. The number of nitrogens with zero attached hydrogens (tertiary/aromatic N) is 4. The second-order valence-electron chi connectivity index (χ2n) is 5.91. The minimum atomic E-state index is -1.99. The Balaban J connectivity index is 2.15. The topological polar surface area (TPSA) is 79.1 Å². The number of hydrogen-bond donors (Lipinski definition) is 0. The molecule has 0 saturated heterocycles. The van der Waals surface area contributed by atoms with Crippen LogP contribution in [-0.4, -0.2) is 30.5 Å². The van der Waals surface area contributed by atoms with Crippen LogP contribution in [0.3, 0.4) is 0 Å². The predicted octanol–water partition coefficient (Wildman–Crippen LogP) is 4.91. The van der Waals surface area contributed by atoms with E-state index in [1.54, 1.807) is 12.3 Å². The first-order valence-corrected chi connectivity index (χ1v) is 10.7. The summed E-state index contributed by atoms with van der Waals surface area (Å²) in [6.07, 6.45) is 1.62. The maximum atomic E-state index is 13.3. The summed E-state index contributed by atoms with van der Waals surface area (Å²) in [5.74, 6) is 1.02. The lowest BCUT2D eigenvalue weighted by Crippen LogP contribution is -2.00. The molecule has 11 heteroatoms. The van der Waals surface area contributed by atoms with Crippen LogP contribution in [0.1, 0.15) is 25.3 Å². The number of methoxy groups -OCH3 is 1. The first-order chi connectivity index (χ1) is 13.4. The number of para-hydroxylation sites is 1. The van der Waals surface area contributed by atoms with Crippen LogP contribution in [0.4, 0.5) is 3.89 Å². The summed E-state index contributed by atoms with van der Waals surface area (Å²) >= 11 is -0.230. The van der Waals surface area contributed by atoms with Gasteiger partial charge in [-0.2, -0.15) is 4.98 Å². The van der Waals surface area contributed by atoms with Gasteiger partial charge in [0.1, 0.15) is 5.75 Å². The van der Waals surface area contributed by atoms with Gasteiger partial charge >= 0.3 is 6.01 Å². The summed E-state index contributed by atoms with van der Waals surface area (Å²) < 4.78 is 36.7. The fourth-order valence-electron chi connectivity index (χ4n) is 2.57. The van der Waals surface area contributed by atoms with Crippen molar-refractivity contribution in [2.24, 2.45) is 0 Å². The largest absolute Gasteiger partial charge is 0.481 e. The number of benzene rings is 1. The van der Waals surface area contributed by atoms with Crippen LogP contribution in [0.5, 0.6) is 17.6 Å². The first-order valence-electron chi connectivity index (χ1n) is 8.10. The molecular weight excluding hydrogens is 427 g/mol. The molecule has 0 fully saturated rings. The Morgan fingerprint density at radius 1 is 1.32 bits per heavy atom. The van der Waals surface area contributed by atoms with Gasteiger partial charge in [0.2, 0.25) is 5.88 Å². The standard InChI is InChI=1S/C17H16ClFN4O3S2/c1-10(2)12-5-4-6-13(11-7-8-20-14(9-11)25-3)15(12)26-17-21-16(28(18)24)22-23(17)27-19/h4-10H,1-3H3. The molecule has 0 aliphatic heterocycles. The van der Waals surface area contributed by atoms with E-state index < -0.39 is 10.0 Å². The molecule has 1 atom stereocenters. The van der Waals surface area contributed by atoms with Crippen LogP contribution in [-0.2, 0) is 10.0 Å². The van der Waals surface area contributed by atoms with E-state index in [9.17, 15) is 8.09 Å². The van der Waals surface area contributed by atoms with Gasteiger partial charge in [-0.05, 0) is 33.8 Å². The van der Waals surface area contributed by atoms with E-state index in [0.717, 1.165) is 20.8 Å².